The largest absolute Gasteiger partial charge is 0.416 e. The number of likely N-dealkylation sites (tertiary alicyclic amines) is 1. The van der Waals surface area contributed by atoms with E-state index in [1.807, 2.05) is 4.90 Å². The molecule has 5 nitrogen and oxygen atoms in total. The Kier molecular flexibility index (Phi) is 7.54. The third-order valence-corrected chi connectivity index (χ3v) is 6.10. The molecular formula is C21H31F3N4O. The van der Waals surface area contributed by atoms with Gasteiger partial charge < -0.3 is 10.6 Å². The first-order valence-corrected chi connectivity index (χ1v) is 10.4. The molecular weight excluding hydrogens is 381 g/mol. The lowest BCUT2D eigenvalue weighted by Crippen LogP contribution is -2.47. The monoisotopic (exact) mass is 412 g/mol. The fourth-order valence-corrected chi connectivity index (χ4v) is 4.22. The van der Waals surface area contributed by atoms with Crippen molar-refractivity contribution in [1.29, 1.82) is 0 Å². The number of rotatable bonds is 7. The SMILES string of the molecule is NCC(=O)CN1CCC(CCN2CCN(c3cccc(C(F)(F)F)c3)CC2)CC1. The van der Waals surface area contributed by atoms with Crippen molar-refractivity contribution in [2.24, 2.45) is 11.7 Å². The number of anilines is 1. The summed E-state index contributed by atoms with van der Waals surface area (Å²) in [5.74, 6) is 0.780. The summed E-state index contributed by atoms with van der Waals surface area (Å²) in [4.78, 5) is 18.1. The highest BCUT2D eigenvalue weighted by Crippen LogP contribution is 2.32. The Morgan fingerprint density at radius 3 is 2.34 bits per heavy atom. The van der Waals surface area contributed by atoms with Crippen molar-refractivity contribution >= 4 is 11.5 Å². The average molecular weight is 413 g/mol. The standard InChI is InChI=1S/C21H31F3N4O/c22-21(23,24)18-2-1-3-19(14-18)28-12-10-26(11-13-28)7-4-17-5-8-27(9-6-17)16-20(29)15-25/h1-3,14,17H,4-13,15-16,25H2. The molecule has 0 radical (unpaired) electrons. The van der Waals surface area contributed by atoms with Crippen LogP contribution in [0.5, 0.6) is 0 Å². The molecule has 1 aromatic rings. The molecule has 3 rings (SSSR count). The van der Waals surface area contributed by atoms with E-state index in [0.29, 0.717) is 18.2 Å². The molecule has 0 aromatic heterocycles. The van der Waals surface area contributed by atoms with E-state index in [2.05, 4.69) is 9.80 Å². The minimum atomic E-state index is -4.30. The van der Waals surface area contributed by atoms with E-state index in [1.165, 1.54) is 12.1 Å². The summed E-state index contributed by atoms with van der Waals surface area (Å²) in [6.07, 6.45) is -0.933. The quantitative estimate of drug-likeness (QED) is 0.746. The number of nitrogens with zero attached hydrogens (tertiary/aromatic N) is 3. The number of hydrogen-bond donors (Lipinski definition) is 1. The van der Waals surface area contributed by atoms with Gasteiger partial charge in [-0.25, -0.2) is 0 Å². The van der Waals surface area contributed by atoms with Gasteiger partial charge in [0.25, 0.3) is 0 Å². The molecule has 2 N–H and O–H groups in total. The van der Waals surface area contributed by atoms with E-state index in [-0.39, 0.29) is 12.3 Å². The third kappa shape index (κ3) is 6.42. The Hall–Kier alpha value is -1.64. The van der Waals surface area contributed by atoms with Crippen LogP contribution in [0.25, 0.3) is 0 Å². The van der Waals surface area contributed by atoms with Gasteiger partial charge in [0.15, 0.2) is 5.78 Å². The van der Waals surface area contributed by atoms with Crippen LogP contribution in [-0.2, 0) is 11.0 Å². The molecule has 0 aliphatic carbocycles. The van der Waals surface area contributed by atoms with E-state index in [9.17, 15) is 18.0 Å². The number of ketones is 1. The first-order chi connectivity index (χ1) is 13.8. The molecule has 0 amide bonds. The summed E-state index contributed by atoms with van der Waals surface area (Å²) >= 11 is 0. The molecule has 0 atom stereocenters. The van der Waals surface area contributed by atoms with Crippen molar-refractivity contribution in [1.82, 2.24) is 9.80 Å². The molecule has 2 aliphatic rings. The maximum absolute atomic E-state index is 12.9. The van der Waals surface area contributed by atoms with E-state index < -0.39 is 11.7 Å². The van der Waals surface area contributed by atoms with Crippen LogP contribution in [0.4, 0.5) is 18.9 Å². The number of nitrogens with two attached hydrogens (primary N) is 1. The van der Waals surface area contributed by atoms with Gasteiger partial charge in [-0.3, -0.25) is 14.6 Å². The Balaban J connectivity index is 1.38. The Labute approximate surface area is 170 Å². The van der Waals surface area contributed by atoms with Crippen LogP contribution in [-0.4, -0.2) is 74.5 Å². The fourth-order valence-electron chi connectivity index (χ4n) is 4.22. The van der Waals surface area contributed by atoms with Gasteiger partial charge in [0.1, 0.15) is 0 Å². The number of hydrogen-bond acceptors (Lipinski definition) is 5. The van der Waals surface area contributed by atoms with Gasteiger partial charge in [-0.2, -0.15) is 13.2 Å². The smallest absolute Gasteiger partial charge is 0.369 e. The summed E-state index contributed by atoms with van der Waals surface area (Å²) in [7, 11) is 0. The number of Topliss-reactive ketones (excluding diaryl/α,β-unsaturated/α-hetero) is 1. The van der Waals surface area contributed by atoms with Gasteiger partial charge in [0.05, 0.1) is 18.7 Å². The molecule has 2 saturated heterocycles. The minimum absolute atomic E-state index is 0.0992. The highest BCUT2D eigenvalue weighted by molar-refractivity contribution is 5.82. The maximum atomic E-state index is 12.9. The number of halogens is 3. The predicted molar refractivity (Wildman–Crippen MR) is 108 cm³/mol. The van der Waals surface area contributed by atoms with Gasteiger partial charge in [-0.05, 0) is 63.0 Å². The van der Waals surface area contributed by atoms with Crippen molar-refractivity contribution < 1.29 is 18.0 Å². The molecule has 2 aliphatic heterocycles. The second kappa shape index (κ2) is 9.91. The second-order valence-corrected chi connectivity index (χ2v) is 8.13. The molecule has 1 aromatic carbocycles. The topological polar surface area (TPSA) is 52.8 Å². The molecule has 2 fully saturated rings. The van der Waals surface area contributed by atoms with Crippen LogP contribution < -0.4 is 10.6 Å². The van der Waals surface area contributed by atoms with Gasteiger partial charge in [0.2, 0.25) is 0 Å². The van der Waals surface area contributed by atoms with Crippen molar-refractivity contribution in [3.8, 4) is 0 Å². The summed E-state index contributed by atoms with van der Waals surface area (Å²) in [5, 5.41) is 0. The number of alkyl halides is 3. The number of piperazine rings is 1. The van der Waals surface area contributed by atoms with Gasteiger partial charge in [0, 0.05) is 31.9 Å². The number of benzene rings is 1. The van der Waals surface area contributed by atoms with Crippen molar-refractivity contribution in [3.63, 3.8) is 0 Å². The van der Waals surface area contributed by atoms with Crippen LogP contribution in [0, 0.1) is 5.92 Å². The van der Waals surface area contributed by atoms with Crippen LogP contribution in [0.15, 0.2) is 24.3 Å². The maximum Gasteiger partial charge on any atom is 0.416 e. The summed E-state index contributed by atoms with van der Waals surface area (Å²) < 4.78 is 38.8. The molecule has 162 valence electrons. The number of carbonyl (C=O) groups is 1. The highest BCUT2D eigenvalue weighted by atomic mass is 19.4. The molecule has 0 bridgehead atoms. The summed E-state index contributed by atoms with van der Waals surface area (Å²) in [6.45, 7) is 6.79. The number of carbonyl (C=O) groups excluding carboxylic acids is 1. The zero-order valence-corrected chi connectivity index (χ0v) is 16.8. The Morgan fingerprint density at radius 1 is 1.03 bits per heavy atom. The summed E-state index contributed by atoms with van der Waals surface area (Å²) in [6, 6.07) is 5.61. The third-order valence-electron chi connectivity index (χ3n) is 6.10. The van der Waals surface area contributed by atoms with Gasteiger partial charge in [-0.15, -0.1) is 0 Å². The molecule has 0 saturated carbocycles. The zero-order chi connectivity index (χ0) is 20.9. The second-order valence-electron chi connectivity index (χ2n) is 8.13. The molecule has 2 heterocycles. The normalized spacial score (nSPS) is 20.2. The van der Waals surface area contributed by atoms with Crippen LogP contribution in [0.1, 0.15) is 24.8 Å². The number of piperidine rings is 1. The zero-order valence-electron chi connectivity index (χ0n) is 16.8. The van der Waals surface area contributed by atoms with Crippen molar-refractivity contribution in [3.05, 3.63) is 29.8 Å². The summed E-state index contributed by atoms with van der Waals surface area (Å²) in [5.41, 5.74) is 5.45. The predicted octanol–water partition coefficient (Wildman–Crippen LogP) is 2.46. The van der Waals surface area contributed by atoms with Crippen LogP contribution >= 0.6 is 0 Å². The molecule has 0 unspecified atom stereocenters. The molecule has 29 heavy (non-hydrogen) atoms. The fraction of sp³-hybridized carbons (Fsp3) is 0.667. The van der Waals surface area contributed by atoms with Gasteiger partial charge in [-0.1, -0.05) is 6.07 Å². The highest BCUT2D eigenvalue weighted by Gasteiger charge is 2.31. The van der Waals surface area contributed by atoms with Gasteiger partial charge >= 0.3 is 6.18 Å². The lowest BCUT2D eigenvalue weighted by atomic mass is 9.93. The van der Waals surface area contributed by atoms with Crippen LogP contribution in [0.2, 0.25) is 0 Å². The average Bonchev–Trinajstić information content (AvgIpc) is 2.73. The lowest BCUT2D eigenvalue weighted by Gasteiger charge is -2.37. The first-order valence-electron chi connectivity index (χ1n) is 10.4. The first kappa shape index (κ1) is 22.1. The molecule has 8 heteroatoms. The molecule has 0 spiro atoms. The van der Waals surface area contributed by atoms with E-state index >= 15 is 0 Å². The van der Waals surface area contributed by atoms with Crippen molar-refractivity contribution in [2.75, 3.05) is 63.8 Å². The lowest BCUT2D eigenvalue weighted by molar-refractivity contribution is -0.137. The Bertz CT molecular complexity index is 666. The van der Waals surface area contributed by atoms with E-state index in [4.69, 9.17) is 5.73 Å². The van der Waals surface area contributed by atoms with Crippen molar-refractivity contribution in [2.45, 2.75) is 25.4 Å². The van der Waals surface area contributed by atoms with Crippen LogP contribution in [0.3, 0.4) is 0 Å². The van der Waals surface area contributed by atoms with E-state index in [1.54, 1.807) is 6.07 Å². The minimum Gasteiger partial charge on any atom is -0.369 e. The Morgan fingerprint density at radius 2 is 1.72 bits per heavy atom. The van der Waals surface area contributed by atoms with E-state index in [0.717, 1.165) is 71.1 Å².